The second kappa shape index (κ2) is 6.32. The number of aliphatic hydroxyl groups excluding tert-OH is 2. The van der Waals surface area contributed by atoms with Gasteiger partial charge in [0.15, 0.2) is 6.29 Å². The highest BCUT2D eigenvalue weighted by atomic mass is 16.6. The topological polar surface area (TPSA) is 135 Å². The van der Waals surface area contributed by atoms with Crippen LogP contribution in [0, 0.1) is 0 Å². The number of anilines is 1. The third-order valence-corrected chi connectivity index (χ3v) is 2.33. The Kier molecular flexibility index (Phi) is 4.50. The van der Waals surface area contributed by atoms with E-state index in [4.69, 9.17) is 9.84 Å². The minimum Gasteiger partial charge on any atom is -0.396 e. The molecule has 1 amide bonds. The van der Waals surface area contributed by atoms with Crippen LogP contribution in [0.25, 0.3) is 11.2 Å². The fourth-order valence-corrected chi connectivity index (χ4v) is 1.43. The SMILES string of the molecule is CC(=O)Nc1ncc2c(nnn2COC(O)CCO)n1. The van der Waals surface area contributed by atoms with Gasteiger partial charge in [-0.3, -0.25) is 10.1 Å². The number of hydrogen-bond acceptors (Lipinski definition) is 8. The highest BCUT2D eigenvalue weighted by Gasteiger charge is 2.10. The first-order chi connectivity index (χ1) is 9.60. The minimum absolute atomic E-state index is 0.0550. The zero-order valence-corrected chi connectivity index (χ0v) is 10.7. The second-order valence-corrected chi connectivity index (χ2v) is 3.94. The molecule has 0 saturated heterocycles. The number of amides is 1. The molecule has 3 N–H and O–H groups in total. The summed E-state index contributed by atoms with van der Waals surface area (Å²) in [4.78, 5) is 18.8. The number of hydrogen-bond donors (Lipinski definition) is 3. The van der Waals surface area contributed by atoms with Crippen LogP contribution in [0.4, 0.5) is 5.95 Å². The molecule has 0 aliphatic rings. The molecule has 10 nitrogen and oxygen atoms in total. The van der Waals surface area contributed by atoms with Gasteiger partial charge in [-0.1, -0.05) is 5.21 Å². The van der Waals surface area contributed by atoms with Gasteiger partial charge in [0.05, 0.1) is 6.20 Å². The largest absolute Gasteiger partial charge is 0.396 e. The van der Waals surface area contributed by atoms with E-state index in [1.807, 2.05) is 0 Å². The van der Waals surface area contributed by atoms with E-state index in [1.165, 1.54) is 17.8 Å². The van der Waals surface area contributed by atoms with Crippen LogP contribution < -0.4 is 5.32 Å². The van der Waals surface area contributed by atoms with E-state index in [2.05, 4.69) is 25.6 Å². The molecule has 0 spiro atoms. The third-order valence-electron chi connectivity index (χ3n) is 2.33. The van der Waals surface area contributed by atoms with E-state index < -0.39 is 6.29 Å². The van der Waals surface area contributed by atoms with Gasteiger partial charge in [-0.05, 0) is 0 Å². The number of rotatable bonds is 6. The number of fused-ring (bicyclic) bond motifs is 1. The minimum atomic E-state index is -1.08. The zero-order chi connectivity index (χ0) is 14.5. The number of ether oxygens (including phenoxy) is 1. The van der Waals surface area contributed by atoms with E-state index in [9.17, 15) is 9.90 Å². The van der Waals surface area contributed by atoms with E-state index >= 15 is 0 Å². The first kappa shape index (κ1) is 14.2. The molecule has 0 bridgehead atoms. The van der Waals surface area contributed by atoms with Crippen LogP contribution in [-0.4, -0.2) is 54.0 Å². The quantitative estimate of drug-likeness (QED) is 0.565. The molecule has 20 heavy (non-hydrogen) atoms. The normalized spacial score (nSPS) is 12.6. The van der Waals surface area contributed by atoms with Gasteiger partial charge in [0.25, 0.3) is 0 Å². The zero-order valence-electron chi connectivity index (χ0n) is 10.7. The van der Waals surface area contributed by atoms with Crippen molar-refractivity contribution in [3.05, 3.63) is 6.20 Å². The molecule has 0 aromatic carbocycles. The molecule has 0 aliphatic carbocycles. The first-order valence-electron chi connectivity index (χ1n) is 5.84. The molecule has 2 heterocycles. The molecular formula is C10H14N6O4. The summed E-state index contributed by atoms with van der Waals surface area (Å²) in [6, 6.07) is 0. The van der Waals surface area contributed by atoms with Gasteiger partial charge < -0.3 is 14.9 Å². The van der Waals surface area contributed by atoms with Crippen molar-refractivity contribution in [3.8, 4) is 0 Å². The van der Waals surface area contributed by atoms with Crippen LogP contribution in [0.15, 0.2) is 6.20 Å². The molecule has 1 unspecified atom stereocenters. The van der Waals surface area contributed by atoms with Crippen LogP contribution in [0.5, 0.6) is 0 Å². The Morgan fingerprint density at radius 3 is 3.10 bits per heavy atom. The van der Waals surface area contributed by atoms with E-state index in [-0.39, 0.29) is 31.6 Å². The van der Waals surface area contributed by atoms with Crippen molar-refractivity contribution in [2.45, 2.75) is 26.4 Å². The molecule has 0 radical (unpaired) electrons. The molecular weight excluding hydrogens is 268 g/mol. The number of carbonyl (C=O) groups is 1. The summed E-state index contributed by atoms with van der Waals surface area (Å²) >= 11 is 0. The number of nitrogens with zero attached hydrogens (tertiary/aromatic N) is 5. The molecule has 10 heteroatoms. The Morgan fingerprint density at radius 1 is 1.60 bits per heavy atom. The van der Waals surface area contributed by atoms with Crippen molar-refractivity contribution in [3.63, 3.8) is 0 Å². The molecule has 0 saturated carbocycles. The summed E-state index contributed by atoms with van der Waals surface area (Å²) in [7, 11) is 0. The fraction of sp³-hybridized carbons (Fsp3) is 0.500. The number of nitrogens with one attached hydrogen (secondary N) is 1. The second-order valence-electron chi connectivity index (χ2n) is 3.94. The summed E-state index contributed by atoms with van der Waals surface area (Å²) in [5.74, 6) is -0.148. The smallest absolute Gasteiger partial charge is 0.231 e. The predicted molar refractivity (Wildman–Crippen MR) is 66.2 cm³/mol. The number of aliphatic hydroxyl groups is 2. The van der Waals surface area contributed by atoms with Gasteiger partial charge in [-0.25, -0.2) is 9.67 Å². The average molecular weight is 282 g/mol. The van der Waals surface area contributed by atoms with Crippen molar-refractivity contribution in [2.75, 3.05) is 11.9 Å². The Morgan fingerprint density at radius 2 is 2.40 bits per heavy atom. The van der Waals surface area contributed by atoms with Gasteiger partial charge in [-0.2, -0.15) is 4.98 Å². The highest BCUT2D eigenvalue weighted by molar-refractivity contribution is 5.87. The molecule has 1 atom stereocenters. The van der Waals surface area contributed by atoms with E-state index in [1.54, 1.807) is 0 Å². The van der Waals surface area contributed by atoms with Crippen LogP contribution in [0.1, 0.15) is 13.3 Å². The fourth-order valence-electron chi connectivity index (χ4n) is 1.43. The lowest BCUT2D eigenvalue weighted by Gasteiger charge is -2.10. The third kappa shape index (κ3) is 3.44. The van der Waals surface area contributed by atoms with E-state index in [0.717, 1.165) is 0 Å². The van der Waals surface area contributed by atoms with Crippen LogP contribution in [-0.2, 0) is 16.3 Å². The molecule has 2 aromatic rings. The molecule has 0 fully saturated rings. The van der Waals surface area contributed by atoms with Crippen LogP contribution in [0.3, 0.4) is 0 Å². The van der Waals surface area contributed by atoms with Gasteiger partial charge in [0, 0.05) is 20.0 Å². The molecule has 2 aromatic heterocycles. The summed E-state index contributed by atoms with van der Waals surface area (Å²) in [5.41, 5.74) is 0.791. The van der Waals surface area contributed by atoms with Crippen molar-refractivity contribution in [1.29, 1.82) is 0 Å². The highest BCUT2D eigenvalue weighted by Crippen LogP contribution is 2.10. The lowest BCUT2D eigenvalue weighted by atomic mass is 10.4. The Hall–Kier alpha value is -2.17. The maximum Gasteiger partial charge on any atom is 0.231 e. The Bertz CT molecular complexity index is 600. The van der Waals surface area contributed by atoms with Gasteiger partial charge in [0.2, 0.25) is 17.5 Å². The molecule has 0 aliphatic heterocycles. The Balaban J connectivity index is 2.10. The van der Waals surface area contributed by atoms with Crippen LogP contribution in [0.2, 0.25) is 0 Å². The summed E-state index contributed by atoms with van der Waals surface area (Å²) < 4.78 is 6.42. The molecule has 2 rings (SSSR count). The van der Waals surface area contributed by atoms with Gasteiger partial charge in [0.1, 0.15) is 12.2 Å². The monoisotopic (exact) mass is 282 g/mol. The van der Waals surface area contributed by atoms with Crippen molar-refractivity contribution >= 4 is 23.0 Å². The summed E-state index contributed by atoms with van der Waals surface area (Å²) in [5, 5.41) is 28.0. The van der Waals surface area contributed by atoms with Crippen molar-refractivity contribution in [2.24, 2.45) is 0 Å². The number of aromatic nitrogens is 5. The maximum atomic E-state index is 10.9. The summed E-state index contributed by atoms with van der Waals surface area (Å²) in [6.07, 6.45) is 0.462. The van der Waals surface area contributed by atoms with Crippen molar-refractivity contribution < 1.29 is 19.7 Å². The lowest BCUT2D eigenvalue weighted by Crippen LogP contribution is -2.17. The van der Waals surface area contributed by atoms with Crippen molar-refractivity contribution in [1.82, 2.24) is 25.0 Å². The number of carbonyl (C=O) groups excluding carboxylic acids is 1. The maximum absolute atomic E-state index is 10.9. The molecule has 108 valence electrons. The summed E-state index contributed by atoms with van der Waals surface area (Å²) in [6.45, 7) is 1.11. The average Bonchev–Trinajstić information content (AvgIpc) is 2.78. The predicted octanol–water partition coefficient (Wildman–Crippen LogP) is -1.15. The van der Waals surface area contributed by atoms with E-state index in [0.29, 0.717) is 11.2 Å². The van der Waals surface area contributed by atoms with Gasteiger partial charge >= 0.3 is 0 Å². The van der Waals surface area contributed by atoms with Gasteiger partial charge in [-0.15, -0.1) is 5.10 Å². The standard InChI is InChI=1S/C10H14N6O4/c1-6(18)12-10-11-4-7-9(13-10)14-15-16(7)5-20-8(19)2-3-17/h4,8,17,19H,2-3,5H2,1H3,(H,11,12,13,18). The van der Waals surface area contributed by atoms with Crippen LogP contribution >= 0.6 is 0 Å². The Labute approximate surface area is 113 Å². The lowest BCUT2D eigenvalue weighted by molar-refractivity contribution is -0.135. The first-order valence-corrected chi connectivity index (χ1v) is 5.84.